The second-order valence-electron chi connectivity index (χ2n) is 3.93. The molecular weight excluding hydrogens is 430 g/mol. The highest BCUT2D eigenvalue weighted by molar-refractivity contribution is 9.11. The van der Waals surface area contributed by atoms with Crippen LogP contribution < -0.4 is 9.46 Å². The van der Waals surface area contributed by atoms with E-state index in [-0.39, 0.29) is 4.90 Å². The Morgan fingerprint density at radius 3 is 2.50 bits per heavy atom. The van der Waals surface area contributed by atoms with Crippen molar-refractivity contribution in [3.8, 4) is 5.75 Å². The number of nitrogens with one attached hydrogen (secondary N) is 1. The number of benzene rings is 1. The molecule has 0 unspecified atom stereocenters. The van der Waals surface area contributed by atoms with Crippen molar-refractivity contribution in [1.82, 2.24) is 0 Å². The number of ether oxygens (including phenoxy) is 1. The van der Waals surface area contributed by atoms with E-state index in [4.69, 9.17) is 4.74 Å². The molecule has 1 aromatic heterocycles. The lowest BCUT2D eigenvalue weighted by atomic mass is 10.3. The molecule has 0 radical (unpaired) electrons. The van der Waals surface area contributed by atoms with Crippen molar-refractivity contribution in [2.24, 2.45) is 0 Å². The minimum Gasteiger partial charge on any atom is -0.495 e. The average Bonchev–Trinajstić information content (AvgIpc) is 2.71. The van der Waals surface area contributed by atoms with Gasteiger partial charge >= 0.3 is 0 Å². The van der Waals surface area contributed by atoms with Gasteiger partial charge in [0.25, 0.3) is 10.0 Å². The molecule has 0 saturated heterocycles. The highest BCUT2D eigenvalue weighted by Gasteiger charge is 2.20. The zero-order valence-electron chi connectivity index (χ0n) is 10.6. The van der Waals surface area contributed by atoms with Gasteiger partial charge in [-0.2, -0.15) is 0 Å². The molecule has 0 amide bonds. The maximum atomic E-state index is 12.3. The first-order valence-electron chi connectivity index (χ1n) is 5.46. The Kier molecular flexibility index (Phi) is 4.78. The lowest BCUT2D eigenvalue weighted by Gasteiger charge is -2.10. The van der Waals surface area contributed by atoms with Crippen LogP contribution in [-0.4, -0.2) is 15.5 Å². The SMILES string of the molecule is COc1cc(NS(=O)(=O)c2cc(Br)sc2C)ccc1Br. The van der Waals surface area contributed by atoms with E-state index in [1.807, 2.05) is 0 Å². The van der Waals surface area contributed by atoms with Crippen molar-refractivity contribution >= 4 is 58.9 Å². The van der Waals surface area contributed by atoms with E-state index in [9.17, 15) is 8.42 Å². The molecule has 2 rings (SSSR count). The Morgan fingerprint density at radius 2 is 1.95 bits per heavy atom. The minimum absolute atomic E-state index is 0.274. The summed E-state index contributed by atoms with van der Waals surface area (Å²) in [7, 11) is -2.08. The number of rotatable bonds is 4. The molecule has 0 spiro atoms. The van der Waals surface area contributed by atoms with Crippen LogP contribution >= 0.6 is 43.2 Å². The molecule has 8 heteroatoms. The fraction of sp³-hybridized carbons (Fsp3) is 0.167. The zero-order chi connectivity index (χ0) is 14.9. The first kappa shape index (κ1) is 15.8. The third-order valence-corrected chi connectivity index (χ3v) is 6.38. The summed E-state index contributed by atoms with van der Waals surface area (Å²) < 4.78 is 33.9. The Labute approximate surface area is 138 Å². The largest absolute Gasteiger partial charge is 0.495 e. The summed E-state index contributed by atoms with van der Waals surface area (Å²) >= 11 is 8.00. The molecule has 4 nitrogen and oxygen atoms in total. The molecule has 1 N–H and O–H groups in total. The molecule has 1 heterocycles. The van der Waals surface area contributed by atoms with Crippen LogP contribution in [0.15, 0.2) is 37.4 Å². The molecule has 20 heavy (non-hydrogen) atoms. The van der Waals surface area contributed by atoms with Crippen molar-refractivity contribution in [1.29, 1.82) is 0 Å². The van der Waals surface area contributed by atoms with Crippen molar-refractivity contribution in [3.05, 3.63) is 37.4 Å². The maximum absolute atomic E-state index is 12.3. The predicted octanol–water partition coefficient (Wildman–Crippen LogP) is 4.39. The highest BCUT2D eigenvalue weighted by Crippen LogP contribution is 2.32. The van der Waals surface area contributed by atoms with Gasteiger partial charge in [0.15, 0.2) is 0 Å². The zero-order valence-corrected chi connectivity index (χ0v) is 15.4. The van der Waals surface area contributed by atoms with E-state index >= 15 is 0 Å². The van der Waals surface area contributed by atoms with E-state index in [2.05, 4.69) is 36.6 Å². The van der Waals surface area contributed by atoms with Crippen LogP contribution in [0.4, 0.5) is 5.69 Å². The van der Waals surface area contributed by atoms with Crippen LogP contribution in [0, 0.1) is 6.92 Å². The van der Waals surface area contributed by atoms with E-state index in [0.717, 1.165) is 13.1 Å². The summed E-state index contributed by atoms with van der Waals surface area (Å²) in [5.41, 5.74) is 0.451. The average molecular weight is 441 g/mol. The predicted molar refractivity (Wildman–Crippen MR) is 88.3 cm³/mol. The lowest BCUT2D eigenvalue weighted by Crippen LogP contribution is -2.13. The van der Waals surface area contributed by atoms with Gasteiger partial charge in [-0.15, -0.1) is 11.3 Å². The Morgan fingerprint density at radius 1 is 1.25 bits per heavy atom. The van der Waals surface area contributed by atoms with Crippen LogP contribution in [-0.2, 0) is 10.0 Å². The minimum atomic E-state index is -3.60. The quantitative estimate of drug-likeness (QED) is 0.766. The van der Waals surface area contributed by atoms with Crippen molar-refractivity contribution in [3.63, 3.8) is 0 Å². The number of thiophene rings is 1. The number of methoxy groups -OCH3 is 1. The fourth-order valence-electron chi connectivity index (χ4n) is 1.63. The molecule has 0 fully saturated rings. The summed E-state index contributed by atoms with van der Waals surface area (Å²) in [6.07, 6.45) is 0. The summed E-state index contributed by atoms with van der Waals surface area (Å²) in [4.78, 5) is 1.00. The molecule has 0 bridgehead atoms. The first-order valence-corrected chi connectivity index (χ1v) is 9.34. The van der Waals surface area contributed by atoms with Gasteiger partial charge in [-0.25, -0.2) is 8.42 Å². The molecule has 0 saturated carbocycles. The van der Waals surface area contributed by atoms with Gasteiger partial charge in [-0.3, -0.25) is 4.72 Å². The molecule has 0 aliphatic rings. The summed E-state index contributed by atoms with van der Waals surface area (Å²) in [6.45, 7) is 1.77. The molecule has 0 aliphatic heterocycles. The van der Waals surface area contributed by atoms with Crippen molar-refractivity contribution in [2.75, 3.05) is 11.8 Å². The molecular formula is C12H11Br2NO3S2. The van der Waals surface area contributed by atoms with Gasteiger partial charge in [0, 0.05) is 10.9 Å². The number of sulfonamides is 1. The van der Waals surface area contributed by atoms with Crippen LogP contribution in [0.5, 0.6) is 5.75 Å². The third-order valence-electron chi connectivity index (χ3n) is 2.54. The maximum Gasteiger partial charge on any atom is 0.263 e. The van der Waals surface area contributed by atoms with Crippen molar-refractivity contribution in [2.45, 2.75) is 11.8 Å². The van der Waals surface area contributed by atoms with E-state index < -0.39 is 10.0 Å². The van der Waals surface area contributed by atoms with Crippen LogP contribution in [0.3, 0.4) is 0 Å². The number of aryl methyl sites for hydroxylation is 1. The van der Waals surface area contributed by atoms with E-state index in [1.165, 1.54) is 18.4 Å². The third kappa shape index (κ3) is 3.36. The lowest BCUT2D eigenvalue weighted by molar-refractivity contribution is 0.412. The fourth-order valence-corrected chi connectivity index (χ4v) is 5.50. The van der Waals surface area contributed by atoms with Gasteiger partial charge in [0.05, 0.1) is 21.1 Å². The monoisotopic (exact) mass is 439 g/mol. The van der Waals surface area contributed by atoms with E-state index in [1.54, 1.807) is 31.2 Å². The van der Waals surface area contributed by atoms with Gasteiger partial charge in [-0.05, 0) is 57.0 Å². The Balaban J connectivity index is 2.36. The molecule has 0 aliphatic carbocycles. The van der Waals surface area contributed by atoms with Crippen LogP contribution in [0.25, 0.3) is 0 Å². The first-order chi connectivity index (χ1) is 9.33. The second kappa shape index (κ2) is 6.05. The Hall–Kier alpha value is -0.570. The van der Waals surface area contributed by atoms with E-state index in [0.29, 0.717) is 11.4 Å². The van der Waals surface area contributed by atoms with Crippen molar-refractivity contribution < 1.29 is 13.2 Å². The van der Waals surface area contributed by atoms with Gasteiger partial charge in [0.1, 0.15) is 10.6 Å². The number of hydrogen-bond donors (Lipinski definition) is 1. The van der Waals surface area contributed by atoms with Gasteiger partial charge < -0.3 is 4.74 Å². The molecule has 1 aromatic carbocycles. The van der Waals surface area contributed by atoms with Crippen LogP contribution in [0.2, 0.25) is 0 Å². The standard InChI is InChI=1S/C12H11Br2NO3S2/c1-7-11(6-12(14)19-7)20(16,17)15-8-3-4-9(13)10(5-8)18-2/h3-6,15H,1-2H3. The van der Waals surface area contributed by atoms with Crippen LogP contribution in [0.1, 0.15) is 4.88 Å². The number of hydrogen-bond acceptors (Lipinski definition) is 4. The number of anilines is 1. The highest BCUT2D eigenvalue weighted by atomic mass is 79.9. The summed E-state index contributed by atoms with van der Waals surface area (Å²) in [6, 6.07) is 6.62. The molecule has 0 atom stereocenters. The second-order valence-corrected chi connectivity index (χ2v) is 9.07. The summed E-state index contributed by atoms with van der Waals surface area (Å²) in [5.74, 6) is 0.563. The molecule has 108 valence electrons. The number of halogens is 2. The Bertz CT molecular complexity index is 741. The normalized spacial score (nSPS) is 11.4. The van der Waals surface area contributed by atoms with Gasteiger partial charge in [0.2, 0.25) is 0 Å². The van der Waals surface area contributed by atoms with Gasteiger partial charge in [-0.1, -0.05) is 0 Å². The topological polar surface area (TPSA) is 55.4 Å². The summed E-state index contributed by atoms with van der Waals surface area (Å²) in [5, 5.41) is 0. The molecule has 2 aromatic rings. The smallest absolute Gasteiger partial charge is 0.263 e.